The van der Waals surface area contributed by atoms with E-state index in [4.69, 9.17) is 15.0 Å². The van der Waals surface area contributed by atoms with Gasteiger partial charge >= 0.3 is 0 Å². The van der Waals surface area contributed by atoms with Gasteiger partial charge < -0.3 is 0 Å². The van der Waals surface area contributed by atoms with Gasteiger partial charge in [-0.25, -0.2) is 15.0 Å². The Hall–Kier alpha value is -8.53. The van der Waals surface area contributed by atoms with Crippen molar-refractivity contribution < 1.29 is 0 Å². The molecule has 0 aliphatic carbocycles. The molecular formula is C61H37N3. The topological polar surface area (TPSA) is 38.7 Å². The van der Waals surface area contributed by atoms with Crippen LogP contribution in [0.25, 0.3) is 132 Å². The molecule has 0 bridgehead atoms. The molecule has 0 amide bonds. The van der Waals surface area contributed by atoms with E-state index in [1.54, 1.807) is 0 Å². The zero-order valence-electron chi connectivity index (χ0n) is 34.7. The van der Waals surface area contributed by atoms with Crippen molar-refractivity contribution in [2.24, 2.45) is 0 Å². The molecule has 1 aromatic heterocycles. The second-order valence-electron chi connectivity index (χ2n) is 16.7. The first-order valence-electron chi connectivity index (χ1n) is 21.8. The molecule has 64 heavy (non-hydrogen) atoms. The van der Waals surface area contributed by atoms with E-state index < -0.39 is 0 Å². The first kappa shape index (κ1) is 36.2. The van der Waals surface area contributed by atoms with Crippen LogP contribution in [-0.2, 0) is 0 Å². The maximum Gasteiger partial charge on any atom is 0.164 e. The molecule has 13 rings (SSSR count). The SMILES string of the molecule is c1ccc(-c2ccc(-c3nc(-c4ccc(-c5c6ccccc6cc6c5ccc5ccccc56)cc4)nc(-c4cc5c6ccccc6c6ccccc6c5c5ccccc45)n3)cc2)cc1. The lowest BCUT2D eigenvalue weighted by molar-refractivity contribution is 1.08. The summed E-state index contributed by atoms with van der Waals surface area (Å²) in [7, 11) is 0. The summed E-state index contributed by atoms with van der Waals surface area (Å²) in [5, 5.41) is 17.1. The highest BCUT2D eigenvalue weighted by molar-refractivity contribution is 6.33. The molecule has 0 atom stereocenters. The fraction of sp³-hybridized carbons (Fsp3) is 0. The summed E-state index contributed by atoms with van der Waals surface area (Å²) in [5.41, 5.74) is 7.50. The van der Waals surface area contributed by atoms with Crippen molar-refractivity contribution in [3.8, 4) is 56.4 Å². The smallest absolute Gasteiger partial charge is 0.164 e. The third-order valence-electron chi connectivity index (χ3n) is 13.1. The molecule has 1 heterocycles. The van der Waals surface area contributed by atoms with Crippen LogP contribution >= 0.6 is 0 Å². The van der Waals surface area contributed by atoms with Crippen molar-refractivity contribution in [1.82, 2.24) is 15.0 Å². The predicted octanol–water partition coefficient (Wildman–Crippen LogP) is 16.3. The number of hydrogen-bond acceptors (Lipinski definition) is 3. The largest absolute Gasteiger partial charge is 0.208 e. The third-order valence-corrected chi connectivity index (χ3v) is 13.1. The van der Waals surface area contributed by atoms with Crippen LogP contribution in [0.2, 0.25) is 0 Å². The van der Waals surface area contributed by atoms with Gasteiger partial charge in [-0.05, 0) is 110 Å². The number of nitrogens with zero attached hydrogens (tertiary/aromatic N) is 3. The minimum atomic E-state index is 0.625. The molecule has 0 fully saturated rings. The first-order valence-corrected chi connectivity index (χ1v) is 21.8. The van der Waals surface area contributed by atoms with Crippen molar-refractivity contribution >= 4 is 75.4 Å². The second kappa shape index (κ2) is 14.5. The fourth-order valence-corrected chi connectivity index (χ4v) is 10.1. The summed E-state index contributed by atoms with van der Waals surface area (Å²) in [5.74, 6) is 1.89. The molecule has 0 aliphatic rings. The summed E-state index contributed by atoms with van der Waals surface area (Å²) < 4.78 is 0. The Bertz CT molecular complexity index is 3990. The van der Waals surface area contributed by atoms with Gasteiger partial charge in [0.15, 0.2) is 17.5 Å². The Morgan fingerprint density at radius 2 is 0.672 bits per heavy atom. The van der Waals surface area contributed by atoms with Gasteiger partial charge in [-0.3, -0.25) is 0 Å². The number of aromatic nitrogens is 3. The lowest BCUT2D eigenvalue weighted by Crippen LogP contribution is -2.01. The molecule has 0 N–H and O–H groups in total. The van der Waals surface area contributed by atoms with Crippen LogP contribution in [0.4, 0.5) is 0 Å². The zero-order valence-corrected chi connectivity index (χ0v) is 34.7. The fourth-order valence-electron chi connectivity index (χ4n) is 10.1. The minimum Gasteiger partial charge on any atom is -0.208 e. The highest BCUT2D eigenvalue weighted by Crippen LogP contribution is 2.44. The molecule has 0 saturated carbocycles. The lowest BCUT2D eigenvalue weighted by atomic mass is 9.89. The summed E-state index contributed by atoms with van der Waals surface area (Å²) in [6.07, 6.45) is 0. The second-order valence-corrected chi connectivity index (χ2v) is 16.7. The van der Waals surface area contributed by atoms with Gasteiger partial charge in [0, 0.05) is 16.7 Å². The minimum absolute atomic E-state index is 0.625. The van der Waals surface area contributed by atoms with Gasteiger partial charge in [0.2, 0.25) is 0 Å². The van der Waals surface area contributed by atoms with Crippen LogP contribution in [0.15, 0.2) is 224 Å². The van der Waals surface area contributed by atoms with Crippen LogP contribution in [0.1, 0.15) is 0 Å². The van der Waals surface area contributed by atoms with Crippen molar-refractivity contribution in [1.29, 1.82) is 0 Å². The van der Waals surface area contributed by atoms with Crippen molar-refractivity contribution in [2.45, 2.75) is 0 Å². The maximum atomic E-state index is 5.38. The van der Waals surface area contributed by atoms with Crippen LogP contribution in [0.3, 0.4) is 0 Å². The Morgan fingerprint density at radius 3 is 1.34 bits per heavy atom. The van der Waals surface area contributed by atoms with Gasteiger partial charge in [0.25, 0.3) is 0 Å². The van der Waals surface area contributed by atoms with E-state index in [0.717, 1.165) is 33.2 Å². The molecule has 3 nitrogen and oxygen atoms in total. The predicted molar refractivity (Wildman–Crippen MR) is 270 cm³/mol. The van der Waals surface area contributed by atoms with Crippen molar-refractivity contribution in [2.75, 3.05) is 0 Å². The number of hydrogen-bond donors (Lipinski definition) is 0. The van der Waals surface area contributed by atoms with Crippen LogP contribution in [-0.4, -0.2) is 15.0 Å². The number of benzene rings is 12. The van der Waals surface area contributed by atoms with Crippen molar-refractivity contribution in [3.63, 3.8) is 0 Å². The molecule has 3 heteroatoms. The number of fused-ring (bicyclic) bond motifs is 12. The summed E-state index contributed by atoms with van der Waals surface area (Å²) in [6.45, 7) is 0. The quantitative estimate of drug-likeness (QED) is 0.128. The molecular weight excluding hydrogens is 775 g/mol. The van der Waals surface area contributed by atoms with Crippen molar-refractivity contribution in [3.05, 3.63) is 224 Å². The first-order chi connectivity index (χ1) is 31.7. The van der Waals surface area contributed by atoms with Gasteiger partial charge in [-0.15, -0.1) is 0 Å². The normalized spacial score (nSPS) is 11.8. The van der Waals surface area contributed by atoms with Crippen LogP contribution in [0.5, 0.6) is 0 Å². The summed E-state index contributed by atoms with van der Waals surface area (Å²) >= 11 is 0. The Labute approximate surface area is 369 Å². The third kappa shape index (κ3) is 5.79. The molecule has 0 saturated heterocycles. The van der Waals surface area contributed by atoms with E-state index in [1.807, 2.05) is 6.07 Å². The van der Waals surface area contributed by atoms with Gasteiger partial charge in [-0.1, -0.05) is 212 Å². The van der Waals surface area contributed by atoms with E-state index in [9.17, 15) is 0 Å². The molecule has 12 aromatic carbocycles. The zero-order chi connectivity index (χ0) is 42.1. The lowest BCUT2D eigenvalue weighted by Gasteiger charge is -2.16. The molecule has 296 valence electrons. The van der Waals surface area contributed by atoms with Gasteiger partial charge in [0.1, 0.15) is 0 Å². The Morgan fingerprint density at radius 1 is 0.219 bits per heavy atom. The monoisotopic (exact) mass is 811 g/mol. The van der Waals surface area contributed by atoms with Crippen LogP contribution in [0, 0.1) is 0 Å². The highest BCUT2D eigenvalue weighted by Gasteiger charge is 2.20. The Balaban J connectivity index is 1.03. The van der Waals surface area contributed by atoms with E-state index in [0.29, 0.717) is 17.5 Å². The molecule has 0 radical (unpaired) electrons. The molecule has 0 spiro atoms. The van der Waals surface area contributed by atoms with E-state index in [1.165, 1.54) is 81.1 Å². The Kier molecular flexibility index (Phi) is 8.22. The van der Waals surface area contributed by atoms with E-state index in [-0.39, 0.29) is 0 Å². The highest BCUT2D eigenvalue weighted by atomic mass is 15.0. The summed E-state index contributed by atoms with van der Waals surface area (Å²) in [6, 6.07) is 80.6. The van der Waals surface area contributed by atoms with E-state index in [2.05, 4.69) is 218 Å². The maximum absolute atomic E-state index is 5.38. The average Bonchev–Trinajstić information content (AvgIpc) is 3.38. The van der Waals surface area contributed by atoms with Gasteiger partial charge in [0.05, 0.1) is 0 Å². The summed E-state index contributed by atoms with van der Waals surface area (Å²) in [4.78, 5) is 16.0. The number of rotatable bonds is 5. The molecule has 0 aliphatic heterocycles. The molecule has 0 unspecified atom stereocenters. The van der Waals surface area contributed by atoms with E-state index >= 15 is 0 Å². The standard InChI is InChI=1S/C61H37N3/c1-2-14-38(15-3-1)39-26-30-42(31-27-39)59-62-60(43-32-28-41(29-33-43)57-46-19-7-5-17-44(46)36-54-45-18-6-4-16-40(45)34-35-53(54)57)64-61(63-59)56-37-55-49-22-9-8-20-47(49)48-21-10-12-24-51(48)58(55)52-25-13-11-23-50(52)56/h1-37H. The average molecular weight is 812 g/mol. The van der Waals surface area contributed by atoms with Gasteiger partial charge in [-0.2, -0.15) is 0 Å². The molecule has 13 aromatic rings. The van der Waals surface area contributed by atoms with Crippen LogP contribution < -0.4 is 0 Å².